The molecular weight excluding hydrogens is 326 g/mol. The number of anilines is 1. The number of benzene rings is 1. The molecule has 0 aromatic heterocycles. The van der Waals surface area contributed by atoms with Gasteiger partial charge in [0.1, 0.15) is 12.3 Å². The van der Waals surface area contributed by atoms with Crippen LogP contribution >= 0.6 is 0 Å². The van der Waals surface area contributed by atoms with Gasteiger partial charge in [0.2, 0.25) is 5.91 Å². The van der Waals surface area contributed by atoms with Crippen LogP contribution in [0.25, 0.3) is 0 Å². The number of hydrogen-bond acceptors (Lipinski definition) is 5. The van der Waals surface area contributed by atoms with Crippen molar-refractivity contribution >= 4 is 23.5 Å². The Morgan fingerprint density at radius 2 is 1.96 bits per heavy atom. The molecule has 0 spiro atoms. The maximum absolute atomic E-state index is 12.5. The Morgan fingerprint density at radius 3 is 2.68 bits per heavy atom. The van der Waals surface area contributed by atoms with Gasteiger partial charge >= 0.3 is 6.03 Å². The van der Waals surface area contributed by atoms with Crippen molar-refractivity contribution < 1.29 is 23.9 Å². The summed E-state index contributed by atoms with van der Waals surface area (Å²) >= 11 is 0. The first kappa shape index (κ1) is 17.2. The van der Waals surface area contributed by atoms with E-state index >= 15 is 0 Å². The van der Waals surface area contributed by atoms with Crippen molar-refractivity contribution in [2.45, 2.75) is 12.5 Å². The van der Waals surface area contributed by atoms with E-state index in [-0.39, 0.29) is 30.8 Å². The minimum atomic E-state index is -0.453. The van der Waals surface area contributed by atoms with Crippen molar-refractivity contribution in [1.82, 2.24) is 9.80 Å². The van der Waals surface area contributed by atoms with Crippen LogP contribution in [0.1, 0.15) is 6.42 Å². The monoisotopic (exact) mass is 347 g/mol. The van der Waals surface area contributed by atoms with E-state index < -0.39 is 6.04 Å². The molecule has 1 aromatic carbocycles. The van der Waals surface area contributed by atoms with E-state index in [9.17, 15) is 14.4 Å². The highest BCUT2D eigenvalue weighted by molar-refractivity contribution is 6.04. The number of hydrogen-bond donors (Lipinski definition) is 0. The maximum Gasteiger partial charge on any atom is 0.327 e. The summed E-state index contributed by atoms with van der Waals surface area (Å²) in [6.45, 7) is 1.05. The fourth-order valence-corrected chi connectivity index (χ4v) is 3.19. The molecule has 2 fully saturated rings. The molecule has 2 aliphatic rings. The number of carbonyl (C=O) groups is 3. The second-order valence-corrected chi connectivity index (χ2v) is 6.02. The molecule has 2 aliphatic heterocycles. The molecular formula is C17H21N3O5. The zero-order valence-electron chi connectivity index (χ0n) is 14.3. The topological polar surface area (TPSA) is 79.4 Å². The molecule has 134 valence electrons. The van der Waals surface area contributed by atoms with Crippen molar-refractivity contribution in [3.8, 4) is 5.75 Å². The third-order valence-corrected chi connectivity index (χ3v) is 4.47. The van der Waals surface area contributed by atoms with Crippen LogP contribution in [-0.4, -0.2) is 74.1 Å². The summed E-state index contributed by atoms with van der Waals surface area (Å²) in [5, 5.41) is 0. The molecule has 1 aromatic rings. The summed E-state index contributed by atoms with van der Waals surface area (Å²) in [7, 11) is 3.10. The molecule has 3 rings (SSSR count). The van der Waals surface area contributed by atoms with Crippen LogP contribution in [0, 0.1) is 0 Å². The molecule has 1 unspecified atom stereocenters. The highest BCUT2D eigenvalue weighted by Gasteiger charge is 2.45. The van der Waals surface area contributed by atoms with E-state index in [0.717, 1.165) is 0 Å². The van der Waals surface area contributed by atoms with Crippen LogP contribution in [0.5, 0.6) is 5.75 Å². The summed E-state index contributed by atoms with van der Waals surface area (Å²) in [6, 6.07) is 6.36. The van der Waals surface area contributed by atoms with E-state index in [1.807, 2.05) is 0 Å². The lowest BCUT2D eigenvalue weighted by molar-refractivity contribution is -0.126. The molecule has 25 heavy (non-hydrogen) atoms. The van der Waals surface area contributed by atoms with Crippen molar-refractivity contribution in [3.63, 3.8) is 0 Å². The summed E-state index contributed by atoms with van der Waals surface area (Å²) < 4.78 is 10.2. The third-order valence-electron chi connectivity index (χ3n) is 4.47. The predicted molar refractivity (Wildman–Crippen MR) is 89.4 cm³/mol. The predicted octanol–water partition coefficient (Wildman–Crippen LogP) is 0.711. The SMILES string of the molecule is COCCN1CC(=O)N(C2CC(=O)N(c3cccc(OC)c3)C2)C1=O. The van der Waals surface area contributed by atoms with Gasteiger partial charge in [-0.2, -0.15) is 0 Å². The lowest BCUT2D eigenvalue weighted by Gasteiger charge is -2.23. The highest BCUT2D eigenvalue weighted by Crippen LogP contribution is 2.29. The van der Waals surface area contributed by atoms with Gasteiger partial charge in [-0.05, 0) is 12.1 Å². The van der Waals surface area contributed by atoms with Gasteiger partial charge in [-0.1, -0.05) is 6.07 Å². The van der Waals surface area contributed by atoms with Crippen LogP contribution in [0.4, 0.5) is 10.5 Å². The summed E-state index contributed by atoms with van der Waals surface area (Å²) in [6.07, 6.45) is 0.132. The van der Waals surface area contributed by atoms with Gasteiger partial charge in [0, 0.05) is 38.4 Å². The van der Waals surface area contributed by atoms with Gasteiger partial charge in [-0.15, -0.1) is 0 Å². The zero-order valence-corrected chi connectivity index (χ0v) is 14.3. The lowest BCUT2D eigenvalue weighted by Crippen LogP contribution is -2.43. The first-order valence-electron chi connectivity index (χ1n) is 8.09. The number of imide groups is 1. The minimum absolute atomic E-state index is 0.0338. The van der Waals surface area contributed by atoms with Crippen LogP contribution in [0.15, 0.2) is 24.3 Å². The molecule has 0 bridgehead atoms. The molecule has 2 heterocycles. The molecule has 4 amide bonds. The Labute approximate surface area is 145 Å². The van der Waals surface area contributed by atoms with E-state index in [0.29, 0.717) is 31.1 Å². The smallest absolute Gasteiger partial charge is 0.327 e. The van der Waals surface area contributed by atoms with Gasteiger partial charge in [0.25, 0.3) is 5.91 Å². The average molecular weight is 347 g/mol. The van der Waals surface area contributed by atoms with Crippen molar-refractivity contribution in [3.05, 3.63) is 24.3 Å². The molecule has 0 saturated carbocycles. The fraction of sp³-hybridized carbons (Fsp3) is 0.471. The standard InChI is InChI=1S/C17H21N3O5/c1-24-7-6-18-11-16(22)20(17(18)23)13-9-15(21)19(10-13)12-4-3-5-14(8-12)25-2/h3-5,8,13H,6-7,9-11H2,1-2H3. The fourth-order valence-electron chi connectivity index (χ4n) is 3.19. The van der Waals surface area contributed by atoms with Gasteiger partial charge in [-0.3, -0.25) is 14.5 Å². The van der Waals surface area contributed by atoms with Gasteiger partial charge < -0.3 is 19.3 Å². The van der Waals surface area contributed by atoms with E-state index in [4.69, 9.17) is 9.47 Å². The average Bonchev–Trinajstić information content (AvgIpc) is 3.12. The summed E-state index contributed by atoms with van der Waals surface area (Å²) in [5.41, 5.74) is 0.696. The minimum Gasteiger partial charge on any atom is -0.497 e. The maximum atomic E-state index is 12.5. The van der Waals surface area contributed by atoms with Crippen LogP contribution in [-0.2, 0) is 14.3 Å². The van der Waals surface area contributed by atoms with Crippen LogP contribution < -0.4 is 9.64 Å². The van der Waals surface area contributed by atoms with Gasteiger partial charge in [0.05, 0.1) is 19.8 Å². The number of methoxy groups -OCH3 is 2. The number of rotatable bonds is 6. The molecule has 2 saturated heterocycles. The molecule has 8 heteroatoms. The Morgan fingerprint density at radius 1 is 1.16 bits per heavy atom. The van der Waals surface area contributed by atoms with Crippen LogP contribution in [0.2, 0.25) is 0 Å². The van der Waals surface area contributed by atoms with E-state index in [1.54, 1.807) is 43.4 Å². The second kappa shape index (κ2) is 7.10. The number of nitrogens with zero attached hydrogens (tertiary/aromatic N) is 3. The molecule has 0 radical (unpaired) electrons. The first-order chi connectivity index (χ1) is 12.0. The normalized spacial score (nSPS) is 20.8. The van der Waals surface area contributed by atoms with E-state index in [1.165, 1.54) is 9.80 Å². The zero-order chi connectivity index (χ0) is 18.0. The van der Waals surface area contributed by atoms with E-state index in [2.05, 4.69) is 0 Å². The van der Waals surface area contributed by atoms with Crippen molar-refractivity contribution in [2.24, 2.45) is 0 Å². The summed E-state index contributed by atoms with van der Waals surface area (Å²) in [4.78, 5) is 41.4. The molecule has 1 atom stereocenters. The van der Waals surface area contributed by atoms with Crippen LogP contribution in [0.3, 0.4) is 0 Å². The molecule has 8 nitrogen and oxygen atoms in total. The Balaban J connectivity index is 1.73. The molecule has 0 aliphatic carbocycles. The quantitative estimate of drug-likeness (QED) is 0.708. The van der Waals surface area contributed by atoms with Crippen molar-refractivity contribution in [1.29, 1.82) is 0 Å². The first-order valence-corrected chi connectivity index (χ1v) is 8.09. The largest absolute Gasteiger partial charge is 0.497 e. The Hall–Kier alpha value is -2.61. The number of carbonyl (C=O) groups excluding carboxylic acids is 3. The number of amides is 4. The Kier molecular flexibility index (Phi) is 4.89. The lowest BCUT2D eigenvalue weighted by atomic mass is 10.2. The van der Waals surface area contributed by atoms with Gasteiger partial charge in [-0.25, -0.2) is 4.79 Å². The Bertz CT molecular complexity index is 693. The van der Waals surface area contributed by atoms with Crippen molar-refractivity contribution in [2.75, 3.05) is 45.4 Å². The second-order valence-electron chi connectivity index (χ2n) is 6.02. The molecule has 0 N–H and O–H groups in total. The highest BCUT2D eigenvalue weighted by atomic mass is 16.5. The third kappa shape index (κ3) is 3.30. The number of urea groups is 1. The van der Waals surface area contributed by atoms with Gasteiger partial charge in [0.15, 0.2) is 0 Å². The summed E-state index contributed by atoms with van der Waals surface area (Å²) in [5.74, 6) is 0.258. The number of ether oxygens (including phenoxy) is 2.